The molecule has 5 rings (SSSR count). The summed E-state index contributed by atoms with van der Waals surface area (Å²) >= 11 is 6.39. The molecule has 0 aliphatic carbocycles. The fraction of sp³-hybridized carbons (Fsp3) is 0.429. The number of alkyl halides is 3. The lowest BCUT2D eigenvalue weighted by Gasteiger charge is -2.18. The summed E-state index contributed by atoms with van der Waals surface area (Å²) in [7, 11) is 0. The van der Waals surface area contributed by atoms with Crippen LogP contribution in [0.5, 0.6) is 0 Å². The van der Waals surface area contributed by atoms with Gasteiger partial charge in [-0.05, 0) is 36.8 Å². The number of rotatable bonds is 3. The van der Waals surface area contributed by atoms with E-state index in [1.54, 1.807) is 11.0 Å². The molecule has 3 aromatic rings. The molecule has 164 valence electrons. The van der Waals surface area contributed by atoms with Crippen molar-refractivity contribution in [1.82, 2.24) is 14.3 Å². The van der Waals surface area contributed by atoms with Gasteiger partial charge in [-0.1, -0.05) is 11.6 Å². The van der Waals surface area contributed by atoms with Crippen LogP contribution in [-0.2, 0) is 10.9 Å². The molecule has 5 heterocycles. The number of imidazole rings is 1. The Kier molecular flexibility index (Phi) is 4.97. The Balaban J connectivity index is 1.52. The van der Waals surface area contributed by atoms with E-state index in [2.05, 4.69) is 4.98 Å². The number of hydrogen-bond donors (Lipinski definition) is 0. The van der Waals surface area contributed by atoms with Crippen molar-refractivity contribution in [3.8, 4) is 11.1 Å². The Morgan fingerprint density at radius 2 is 2.06 bits per heavy atom. The van der Waals surface area contributed by atoms with Crippen molar-refractivity contribution >= 4 is 23.2 Å². The number of aromatic nitrogens is 2. The first-order valence-corrected chi connectivity index (χ1v) is 10.4. The molecule has 3 aromatic heterocycles. The van der Waals surface area contributed by atoms with Gasteiger partial charge >= 0.3 is 6.18 Å². The molecule has 31 heavy (non-hydrogen) atoms. The maximum Gasteiger partial charge on any atom is 0.420 e. The van der Waals surface area contributed by atoms with Gasteiger partial charge in [-0.25, -0.2) is 4.98 Å². The van der Waals surface area contributed by atoms with Gasteiger partial charge in [0.1, 0.15) is 5.15 Å². The van der Waals surface area contributed by atoms with Crippen molar-refractivity contribution in [3.05, 3.63) is 47.3 Å². The topological polar surface area (TPSA) is 60.0 Å². The number of fused-ring (bicyclic) bond motifs is 1. The van der Waals surface area contributed by atoms with E-state index in [9.17, 15) is 18.0 Å². The zero-order chi connectivity index (χ0) is 21.8. The Morgan fingerprint density at radius 1 is 1.23 bits per heavy atom. The molecule has 6 nitrogen and oxygen atoms in total. The highest BCUT2D eigenvalue weighted by Gasteiger charge is 2.38. The number of pyridine rings is 1. The fourth-order valence-corrected chi connectivity index (χ4v) is 4.73. The largest absolute Gasteiger partial charge is 0.472 e. The van der Waals surface area contributed by atoms with Crippen molar-refractivity contribution in [1.29, 1.82) is 0 Å². The van der Waals surface area contributed by atoms with Gasteiger partial charge in [0.2, 0.25) is 0 Å². The second-order valence-electron chi connectivity index (χ2n) is 8.02. The van der Waals surface area contributed by atoms with Crippen LogP contribution >= 0.6 is 11.6 Å². The first-order chi connectivity index (χ1) is 14.8. The second-order valence-corrected chi connectivity index (χ2v) is 8.38. The van der Waals surface area contributed by atoms with Crippen LogP contribution in [0, 0.1) is 11.8 Å². The highest BCUT2D eigenvalue weighted by Crippen LogP contribution is 2.38. The molecule has 0 bridgehead atoms. The number of amides is 1. The fourth-order valence-electron chi connectivity index (χ4n) is 4.48. The molecule has 2 aliphatic rings. The van der Waals surface area contributed by atoms with Gasteiger partial charge in [-0.2, -0.15) is 13.2 Å². The van der Waals surface area contributed by atoms with E-state index in [4.69, 9.17) is 20.8 Å². The molecular weight excluding hydrogens is 435 g/mol. The summed E-state index contributed by atoms with van der Waals surface area (Å²) in [5.41, 5.74) is -0.803. The van der Waals surface area contributed by atoms with Gasteiger partial charge in [-0.3, -0.25) is 9.20 Å². The average molecular weight is 454 g/mol. The molecule has 10 heteroatoms. The summed E-state index contributed by atoms with van der Waals surface area (Å²) in [5.74, 6) is 0.275. The molecule has 2 atom stereocenters. The van der Waals surface area contributed by atoms with Crippen molar-refractivity contribution in [3.63, 3.8) is 0 Å². The first kappa shape index (κ1) is 20.4. The molecule has 0 aromatic carbocycles. The molecule has 0 spiro atoms. The third-order valence-corrected chi connectivity index (χ3v) is 6.53. The van der Waals surface area contributed by atoms with Crippen LogP contribution in [-0.4, -0.2) is 46.5 Å². The number of nitrogens with zero attached hydrogens (tertiary/aromatic N) is 3. The van der Waals surface area contributed by atoms with Gasteiger partial charge in [0.05, 0.1) is 18.1 Å². The van der Waals surface area contributed by atoms with Crippen LogP contribution in [0.25, 0.3) is 16.8 Å². The van der Waals surface area contributed by atoms with E-state index in [0.717, 1.165) is 29.9 Å². The second kappa shape index (κ2) is 7.56. The maximum absolute atomic E-state index is 13.8. The Hall–Kier alpha value is -2.52. The average Bonchev–Trinajstić information content (AvgIpc) is 3.53. The molecule has 1 amide bonds. The highest BCUT2D eigenvalue weighted by molar-refractivity contribution is 6.33. The minimum atomic E-state index is -4.67. The van der Waals surface area contributed by atoms with Gasteiger partial charge in [0.25, 0.3) is 5.91 Å². The van der Waals surface area contributed by atoms with Crippen molar-refractivity contribution in [2.75, 3.05) is 26.3 Å². The molecule has 0 N–H and O–H groups in total. The summed E-state index contributed by atoms with van der Waals surface area (Å²) in [4.78, 5) is 18.8. The number of halogens is 4. The minimum absolute atomic E-state index is 0.136. The zero-order valence-electron chi connectivity index (χ0n) is 16.4. The van der Waals surface area contributed by atoms with E-state index in [0.29, 0.717) is 37.1 Å². The Bertz CT molecular complexity index is 1120. The normalized spacial score (nSPS) is 22.0. The molecule has 2 fully saturated rings. The number of carbonyl (C=O) groups excluding carboxylic acids is 1. The van der Waals surface area contributed by atoms with Crippen molar-refractivity contribution in [2.45, 2.75) is 19.0 Å². The SMILES string of the molecule is O=C(c1nc2c(C(F)(F)F)cc(-c3ccoc3)cn2c1Cl)N1CCC(C2CCOC2)C1. The van der Waals surface area contributed by atoms with Crippen LogP contribution in [0.3, 0.4) is 0 Å². The lowest BCUT2D eigenvalue weighted by atomic mass is 9.91. The predicted octanol–water partition coefficient (Wildman–Crippen LogP) is 4.77. The van der Waals surface area contributed by atoms with Gasteiger partial charge in [-0.15, -0.1) is 0 Å². The highest BCUT2D eigenvalue weighted by atomic mass is 35.5. The number of carbonyl (C=O) groups is 1. The monoisotopic (exact) mass is 453 g/mol. The van der Waals surface area contributed by atoms with E-state index < -0.39 is 23.3 Å². The predicted molar refractivity (Wildman–Crippen MR) is 106 cm³/mol. The molecule has 0 radical (unpaired) electrons. The zero-order valence-corrected chi connectivity index (χ0v) is 17.1. The van der Waals surface area contributed by atoms with E-state index in [1.807, 2.05) is 0 Å². The summed E-state index contributed by atoms with van der Waals surface area (Å²) in [6.45, 7) is 2.47. The third kappa shape index (κ3) is 3.59. The summed E-state index contributed by atoms with van der Waals surface area (Å²) in [6, 6.07) is 2.54. The Labute approximate surface area is 180 Å². The standard InChI is InChI=1S/C21H19ClF3N3O3/c22-18-17(20(29)27-4-1-12(8-27)13-2-5-30-10-13)26-19-16(21(23,24)25)7-15(9-28(18)19)14-3-6-31-11-14/h3,6-7,9,11-13H,1-2,4-5,8,10H2. The van der Waals surface area contributed by atoms with Crippen molar-refractivity contribution < 1.29 is 27.1 Å². The summed E-state index contributed by atoms with van der Waals surface area (Å²) < 4.78 is 52.9. The first-order valence-electron chi connectivity index (χ1n) is 10.0. The molecule has 2 aliphatic heterocycles. The number of furan rings is 1. The van der Waals surface area contributed by atoms with Crippen LogP contribution < -0.4 is 0 Å². The van der Waals surface area contributed by atoms with E-state index in [1.165, 1.54) is 18.7 Å². The van der Waals surface area contributed by atoms with Crippen LogP contribution in [0.15, 0.2) is 35.3 Å². The summed E-state index contributed by atoms with van der Waals surface area (Å²) in [5, 5.41) is -0.136. The Morgan fingerprint density at radius 3 is 2.74 bits per heavy atom. The van der Waals surface area contributed by atoms with Crippen LogP contribution in [0.4, 0.5) is 13.2 Å². The van der Waals surface area contributed by atoms with Crippen LogP contribution in [0.2, 0.25) is 5.15 Å². The molecule has 2 saturated heterocycles. The molecular formula is C21H19ClF3N3O3. The molecule has 0 saturated carbocycles. The van der Waals surface area contributed by atoms with Crippen LogP contribution in [0.1, 0.15) is 28.9 Å². The maximum atomic E-state index is 13.8. The number of hydrogen-bond acceptors (Lipinski definition) is 4. The van der Waals surface area contributed by atoms with Gasteiger partial charge in [0, 0.05) is 43.6 Å². The van der Waals surface area contributed by atoms with E-state index in [-0.39, 0.29) is 16.4 Å². The van der Waals surface area contributed by atoms with Crippen molar-refractivity contribution in [2.24, 2.45) is 11.8 Å². The minimum Gasteiger partial charge on any atom is -0.472 e. The lowest BCUT2D eigenvalue weighted by Crippen LogP contribution is -2.30. The molecule has 2 unspecified atom stereocenters. The lowest BCUT2D eigenvalue weighted by molar-refractivity contribution is -0.136. The van der Waals surface area contributed by atoms with Gasteiger partial charge < -0.3 is 14.1 Å². The smallest absolute Gasteiger partial charge is 0.420 e. The van der Waals surface area contributed by atoms with E-state index >= 15 is 0 Å². The summed E-state index contributed by atoms with van der Waals surface area (Å²) in [6.07, 6.45) is 1.28. The van der Waals surface area contributed by atoms with Gasteiger partial charge in [0.15, 0.2) is 11.3 Å². The number of likely N-dealkylation sites (tertiary alicyclic amines) is 1. The quantitative estimate of drug-likeness (QED) is 0.573. The third-order valence-electron chi connectivity index (χ3n) is 6.17. The number of ether oxygens (including phenoxy) is 1.